The van der Waals surface area contributed by atoms with E-state index >= 15 is 0 Å². The fourth-order valence-electron chi connectivity index (χ4n) is 0. The second-order valence-electron chi connectivity index (χ2n) is 1.06. The van der Waals surface area contributed by atoms with Gasteiger partial charge in [0.2, 0.25) is 0 Å². The lowest BCUT2D eigenvalue weighted by atomic mass is 11.0. The van der Waals surface area contributed by atoms with Crippen LogP contribution in [0.3, 0.4) is 0 Å². The molecule has 0 aliphatic heterocycles. The van der Waals surface area contributed by atoms with E-state index < -0.39 is 0 Å². The van der Waals surface area contributed by atoms with Gasteiger partial charge in [0.25, 0.3) is 0 Å². The van der Waals surface area contributed by atoms with Crippen LogP contribution in [0.25, 0.3) is 0 Å². The predicted octanol–water partition coefficient (Wildman–Crippen LogP) is 2.60. The lowest BCUT2D eigenvalue weighted by Crippen LogP contribution is -0.856. The van der Waals surface area contributed by atoms with Crippen molar-refractivity contribution in [3.05, 3.63) is 0 Å². The van der Waals surface area contributed by atoms with Crippen molar-refractivity contribution in [2.75, 3.05) is 0 Å². The fraction of sp³-hybridized carbons (Fsp3) is 1.00. The lowest BCUT2D eigenvalue weighted by molar-refractivity contribution is 1.50. The Morgan fingerprint density at radius 1 is 0.667 bits per heavy atom. The van der Waals surface area contributed by atoms with E-state index in [2.05, 4.69) is 0 Å². The smallest absolute Gasteiger partial charge is 0.0533 e. The summed E-state index contributed by atoms with van der Waals surface area (Å²) in [7, 11) is 0. The van der Waals surface area contributed by atoms with Crippen LogP contribution in [0.5, 0.6) is 0 Å². The summed E-state index contributed by atoms with van der Waals surface area (Å²) in [6.07, 6.45) is 4.50. The molecule has 0 atom stereocenters. The lowest BCUT2D eigenvalue weighted by Gasteiger charge is -1.05. The molecule has 0 aromatic heterocycles. The molecule has 0 aromatic carbocycles. The quantitative estimate of drug-likeness (QED) is 0.488. The van der Waals surface area contributed by atoms with Crippen LogP contribution in [-0.2, 0) is 0 Å². The Kier molecular flexibility index (Phi) is 24.8. The van der Waals surface area contributed by atoms with Crippen LogP contribution >= 0.6 is 0 Å². The molecule has 6 heavy (non-hydrogen) atoms. The SMILES string of the molecule is C.C.C1CC1.N. The molecule has 0 radical (unpaired) electrons. The second kappa shape index (κ2) is 8.88. The molecule has 0 spiro atoms. The minimum atomic E-state index is 0. The normalized spacial score (nSPS) is 12.0. The summed E-state index contributed by atoms with van der Waals surface area (Å²) in [5.74, 6) is 0. The molecule has 42 valence electrons. The molecule has 1 saturated carbocycles. The van der Waals surface area contributed by atoms with Crippen LogP contribution in [0.2, 0.25) is 0 Å². The zero-order valence-electron chi connectivity index (χ0n) is 2.83. The van der Waals surface area contributed by atoms with Crippen molar-refractivity contribution in [1.29, 1.82) is 0 Å². The van der Waals surface area contributed by atoms with Crippen molar-refractivity contribution in [1.82, 2.24) is 6.15 Å². The molecule has 1 fully saturated rings. The Labute approximate surface area is 41.3 Å². The first-order chi connectivity index (χ1) is 1.50. The third-order valence-electron chi connectivity index (χ3n) is 0.354. The molecule has 0 bridgehead atoms. The zero-order chi connectivity index (χ0) is 2.12. The highest BCUT2D eigenvalue weighted by Crippen LogP contribution is 2.14. The maximum atomic E-state index is 1.50. The molecule has 0 saturated heterocycles. The highest BCUT2D eigenvalue weighted by atomic mass is 14.0. The first kappa shape index (κ1) is 16.7. The maximum Gasteiger partial charge on any atom is -0.0533 e. The summed E-state index contributed by atoms with van der Waals surface area (Å²) in [6.45, 7) is 0. The van der Waals surface area contributed by atoms with Gasteiger partial charge >= 0.3 is 0 Å². The van der Waals surface area contributed by atoms with E-state index in [9.17, 15) is 0 Å². The molecule has 0 amide bonds. The van der Waals surface area contributed by atoms with Crippen molar-refractivity contribution in [3.63, 3.8) is 0 Å². The molecule has 1 aliphatic carbocycles. The van der Waals surface area contributed by atoms with E-state index in [-0.39, 0.29) is 21.0 Å². The van der Waals surface area contributed by atoms with Gasteiger partial charge in [0.15, 0.2) is 0 Å². The van der Waals surface area contributed by atoms with Crippen molar-refractivity contribution in [2.45, 2.75) is 34.1 Å². The van der Waals surface area contributed by atoms with Crippen molar-refractivity contribution in [2.24, 2.45) is 0 Å². The Morgan fingerprint density at radius 3 is 0.833 bits per heavy atom. The van der Waals surface area contributed by atoms with E-state index in [1.165, 1.54) is 19.3 Å². The summed E-state index contributed by atoms with van der Waals surface area (Å²) < 4.78 is 0. The van der Waals surface area contributed by atoms with Gasteiger partial charge in [-0.1, -0.05) is 34.1 Å². The maximum absolute atomic E-state index is 1.50. The van der Waals surface area contributed by atoms with E-state index in [1.54, 1.807) is 0 Å². The van der Waals surface area contributed by atoms with Crippen LogP contribution in [0.15, 0.2) is 0 Å². The summed E-state index contributed by atoms with van der Waals surface area (Å²) >= 11 is 0. The van der Waals surface area contributed by atoms with Crippen LogP contribution in [0.4, 0.5) is 0 Å². The van der Waals surface area contributed by atoms with Gasteiger partial charge in [0.05, 0.1) is 0 Å². The molecular formula is C5H17N. The largest absolute Gasteiger partial charge is 0.344 e. The molecule has 3 N–H and O–H groups in total. The molecule has 1 nitrogen and oxygen atoms in total. The van der Waals surface area contributed by atoms with Gasteiger partial charge in [-0.25, -0.2) is 0 Å². The fourth-order valence-corrected chi connectivity index (χ4v) is 0. The summed E-state index contributed by atoms with van der Waals surface area (Å²) in [4.78, 5) is 0. The second-order valence-corrected chi connectivity index (χ2v) is 1.06. The van der Waals surface area contributed by atoms with Crippen molar-refractivity contribution in [3.8, 4) is 0 Å². The molecule has 1 heteroatoms. The first-order valence-electron chi connectivity index (χ1n) is 1.50. The number of rotatable bonds is 0. The van der Waals surface area contributed by atoms with E-state index in [1.807, 2.05) is 0 Å². The summed E-state index contributed by atoms with van der Waals surface area (Å²) in [5, 5.41) is 0. The van der Waals surface area contributed by atoms with Crippen LogP contribution in [0.1, 0.15) is 34.1 Å². The van der Waals surface area contributed by atoms with E-state index in [4.69, 9.17) is 0 Å². The highest BCUT2D eigenvalue weighted by Gasteiger charge is 1.95. The highest BCUT2D eigenvalue weighted by molar-refractivity contribution is 4.50. The Morgan fingerprint density at radius 2 is 0.833 bits per heavy atom. The van der Waals surface area contributed by atoms with Crippen molar-refractivity contribution < 1.29 is 0 Å². The van der Waals surface area contributed by atoms with E-state index in [0.717, 1.165) is 0 Å². The third-order valence-corrected chi connectivity index (χ3v) is 0.354. The van der Waals surface area contributed by atoms with Gasteiger partial charge in [-0.15, -0.1) is 0 Å². The molecular weight excluding hydrogens is 74.1 g/mol. The predicted molar refractivity (Wildman–Crippen MR) is 32.3 cm³/mol. The molecule has 1 aliphatic rings. The van der Waals surface area contributed by atoms with Gasteiger partial charge in [-0.3, -0.25) is 0 Å². The molecule has 1 rings (SSSR count). The minimum absolute atomic E-state index is 0. The molecule has 0 aromatic rings. The van der Waals surface area contributed by atoms with Gasteiger partial charge in [-0.2, -0.15) is 0 Å². The average Bonchev–Trinajstić information content (AvgIpc) is 1.46. The van der Waals surface area contributed by atoms with Crippen LogP contribution in [-0.4, -0.2) is 0 Å². The Hall–Kier alpha value is -0.0400. The van der Waals surface area contributed by atoms with Crippen molar-refractivity contribution >= 4 is 0 Å². The average molecular weight is 91.2 g/mol. The van der Waals surface area contributed by atoms with E-state index in [0.29, 0.717) is 0 Å². The minimum Gasteiger partial charge on any atom is -0.344 e. The van der Waals surface area contributed by atoms with Gasteiger partial charge in [0, 0.05) is 0 Å². The first-order valence-corrected chi connectivity index (χ1v) is 1.50. The van der Waals surface area contributed by atoms with Crippen LogP contribution in [0, 0.1) is 0 Å². The Balaban J connectivity index is -0.0000000300. The molecule has 0 unspecified atom stereocenters. The standard InChI is InChI=1S/C3H6.2CH4.H3N/c1-2-3-1;;;/h1-3H2;2*1H4;1H3. The van der Waals surface area contributed by atoms with Gasteiger partial charge in [0.1, 0.15) is 0 Å². The topological polar surface area (TPSA) is 35.0 Å². The summed E-state index contributed by atoms with van der Waals surface area (Å²) in [6, 6.07) is 0. The number of hydrogen-bond acceptors (Lipinski definition) is 1. The van der Waals surface area contributed by atoms with Crippen LogP contribution < -0.4 is 6.15 Å². The monoisotopic (exact) mass is 91.1 g/mol. The summed E-state index contributed by atoms with van der Waals surface area (Å²) in [5.41, 5.74) is 0. The number of hydrogen-bond donors (Lipinski definition) is 1. The third kappa shape index (κ3) is 37.6. The zero-order valence-corrected chi connectivity index (χ0v) is 2.83. The molecule has 0 heterocycles. The van der Waals surface area contributed by atoms with Gasteiger partial charge < -0.3 is 6.15 Å². The van der Waals surface area contributed by atoms with Gasteiger partial charge in [-0.05, 0) is 0 Å². The Bertz CT molecular complexity index is 8.66.